The zero-order valence-corrected chi connectivity index (χ0v) is 14.2. The van der Waals surface area contributed by atoms with Crippen LogP contribution in [0.1, 0.15) is 41.7 Å². The lowest BCUT2D eigenvalue weighted by Crippen LogP contribution is -2.21. The summed E-state index contributed by atoms with van der Waals surface area (Å²) in [5, 5.41) is 3.46. The summed E-state index contributed by atoms with van der Waals surface area (Å²) < 4.78 is 5.94. The Kier molecular flexibility index (Phi) is 5.83. The van der Waals surface area contributed by atoms with E-state index in [1.807, 2.05) is 17.4 Å². The first-order valence-electron chi connectivity index (χ1n) is 7.61. The highest BCUT2D eigenvalue weighted by molar-refractivity contribution is 7.12. The van der Waals surface area contributed by atoms with Crippen molar-refractivity contribution < 1.29 is 4.74 Å². The number of hydrogen-bond acceptors (Lipinski definition) is 3. The number of benzene rings is 1. The van der Waals surface area contributed by atoms with Crippen molar-refractivity contribution in [3.05, 3.63) is 51.2 Å². The zero-order valence-electron chi connectivity index (χ0n) is 13.4. The minimum absolute atomic E-state index is 0.517. The lowest BCUT2D eigenvalue weighted by molar-refractivity contribution is 0.305. The van der Waals surface area contributed by atoms with E-state index in [1.165, 1.54) is 20.9 Å². The maximum Gasteiger partial charge on any atom is 0.120 e. The lowest BCUT2D eigenvalue weighted by atomic mass is 10.2. The van der Waals surface area contributed by atoms with E-state index in [-0.39, 0.29) is 0 Å². The Hall–Kier alpha value is -1.32. The second-order valence-corrected chi connectivity index (χ2v) is 6.96. The van der Waals surface area contributed by atoms with Gasteiger partial charge in [-0.2, -0.15) is 0 Å². The molecule has 1 aromatic heterocycles. The number of rotatable bonds is 7. The fourth-order valence-electron chi connectivity index (χ4n) is 2.14. The molecule has 1 heterocycles. The van der Waals surface area contributed by atoms with Gasteiger partial charge in [-0.25, -0.2) is 0 Å². The van der Waals surface area contributed by atoms with Crippen molar-refractivity contribution >= 4 is 11.3 Å². The molecule has 0 aliphatic rings. The van der Waals surface area contributed by atoms with Crippen LogP contribution in [0.4, 0.5) is 0 Å². The molecule has 0 aliphatic heterocycles. The molecule has 0 amide bonds. The predicted octanol–water partition coefficient (Wildman–Crippen LogP) is 4.70. The van der Waals surface area contributed by atoms with Gasteiger partial charge in [-0.05, 0) is 37.1 Å². The van der Waals surface area contributed by atoms with Crippen molar-refractivity contribution in [3.8, 4) is 5.75 Å². The van der Waals surface area contributed by atoms with Crippen molar-refractivity contribution in [2.24, 2.45) is 0 Å². The fraction of sp³-hybridized carbons (Fsp3) is 0.444. The largest absolute Gasteiger partial charge is 0.489 e. The summed E-state index contributed by atoms with van der Waals surface area (Å²) in [5.41, 5.74) is 2.61. The third-order valence-corrected chi connectivity index (χ3v) is 4.55. The molecule has 2 nitrogen and oxygen atoms in total. The van der Waals surface area contributed by atoms with Crippen LogP contribution in [0, 0.1) is 6.92 Å². The van der Waals surface area contributed by atoms with Gasteiger partial charge in [0.25, 0.3) is 0 Å². The monoisotopic (exact) mass is 303 g/mol. The van der Waals surface area contributed by atoms with Crippen LogP contribution >= 0.6 is 11.3 Å². The highest BCUT2D eigenvalue weighted by Gasteiger charge is 2.07. The zero-order chi connectivity index (χ0) is 15.2. The Bertz CT molecular complexity index is 574. The maximum atomic E-state index is 5.94. The normalized spacial score (nSPS) is 11.1. The second-order valence-electron chi connectivity index (χ2n) is 5.62. The molecule has 0 spiro atoms. The minimum atomic E-state index is 0.517. The number of ether oxygens (including phenoxy) is 1. The summed E-state index contributed by atoms with van der Waals surface area (Å²) in [6.45, 7) is 10.3. The van der Waals surface area contributed by atoms with Crippen molar-refractivity contribution in [1.82, 2.24) is 5.32 Å². The van der Waals surface area contributed by atoms with E-state index in [4.69, 9.17) is 4.74 Å². The molecule has 21 heavy (non-hydrogen) atoms. The average molecular weight is 303 g/mol. The van der Waals surface area contributed by atoms with E-state index < -0.39 is 0 Å². The third-order valence-electron chi connectivity index (χ3n) is 3.46. The van der Waals surface area contributed by atoms with E-state index in [0.29, 0.717) is 12.6 Å². The van der Waals surface area contributed by atoms with Crippen LogP contribution in [-0.2, 0) is 19.6 Å². The third kappa shape index (κ3) is 4.87. The molecule has 0 saturated carbocycles. The summed E-state index contributed by atoms with van der Waals surface area (Å²) in [4.78, 5) is 2.73. The summed E-state index contributed by atoms with van der Waals surface area (Å²) in [7, 11) is 0. The lowest BCUT2D eigenvalue weighted by Gasteiger charge is -2.07. The van der Waals surface area contributed by atoms with Crippen LogP contribution < -0.4 is 10.1 Å². The first-order valence-corrected chi connectivity index (χ1v) is 8.43. The van der Waals surface area contributed by atoms with Crippen LogP contribution in [0.2, 0.25) is 0 Å². The summed E-state index contributed by atoms with van der Waals surface area (Å²) >= 11 is 1.86. The van der Waals surface area contributed by atoms with E-state index in [9.17, 15) is 0 Å². The Morgan fingerprint density at radius 3 is 2.76 bits per heavy atom. The van der Waals surface area contributed by atoms with Gasteiger partial charge >= 0.3 is 0 Å². The van der Waals surface area contributed by atoms with Crippen LogP contribution in [-0.4, -0.2) is 6.04 Å². The summed E-state index contributed by atoms with van der Waals surface area (Å²) in [5.74, 6) is 0.960. The van der Waals surface area contributed by atoms with Gasteiger partial charge in [0, 0.05) is 27.9 Å². The average Bonchev–Trinajstić information content (AvgIpc) is 2.83. The Balaban J connectivity index is 1.96. The van der Waals surface area contributed by atoms with E-state index >= 15 is 0 Å². The van der Waals surface area contributed by atoms with Gasteiger partial charge < -0.3 is 10.1 Å². The molecule has 0 atom stereocenters. The van der Waals surface area contributed by atoms with E-state index in [0.717, 1.165) is 18.7 Å². The molecule has 1 aromatic carbocycles. The van der Waals surface area contributed by atoms with Crippen LogP contribution in [0.5, 0.6) is 5.75 Å². The Labute approximate surface area is 132 Å². The van der Waals surface area contributed by atoms with Crippen molar-refractivity contribution in [1.29, 1.82) is 0 Å². The maximum absolute atomic E-state index is 5.94. The predicted molar refractivity (Wildman–Crippen MR) is 91.2 cm³/mol. The SMILES string of the molecule is CCc1cccc(OCc2cc(CNC(C)C)sc2C)c1. The van der Waals surface area contributed by atoms with Crippen LogP contribution in [0.25, 0.3) is 0 Å². The molecule has 114 valence electrons. The number of thiophene rings is 1. The van der Waals surface area contributed by atoms with Gasteiger partial charge in [0.05, 0.1) is 0 Å². The number of nitrogens with one attached hydrogen (secondary N) is 1. The highest BCUT2D eigenvalue weighted by Crippen LogP contribution is 2.23. The summed E-state index contributed by atoms with van der Waals surface area (Å²) in [6.07, 6.45) is 1.04. The minimum Gasteiger partial charge on any atom is -0.489 e. The molecular weight excluding hydrogens is 278 g/mol. The first-order chi connectivity index (χ1) is 10.1. The van der Waals surface area contributed by atoms with Gasteiger partial charge in [-0.3, -0.25) is 0 Å². The topological polar surface area (TPSA) is 21.3 Å². The van der Waals surface area contributed by atoms with Crippen molar-refractivity contribution in [2.45, 2.75) is 53.3 Å². The second kappa shape index (κ2) is 7.62. The van der Waals surface area contributed by atoms with Crippen LogP contribution in [0.3, 0.4) is 0 Å². The molecule has 0 fully saturated rings. The van der Waals surface area contributed by atoms with Gasteiger partial charge in [-0.15, -0.1) is 11.3 Å². The molecule has 0 bridgehead atoms. The Morgan fingerprint density at radius 1 is 1.24 bits per heavy atom. The Morgan fingerprint density at radius 2 is 2.05 bits per heavy atom. The first kappa shape index (κ1) is 16.1. The molecule has 0 aliphatic carbocycles. The number of hydrogen-bond donors (Lipinski definition) is 1. The highest BCUT2D eigenvalue weighted by atomic mass is 32.1. The van der Waals surface area contributed by atoms with Gasteiger partial charge in [0.1, 0.15) is 12.4 Å². The van der Waals surface area contributed by atoms with Gasteiger partial charge in [0.15, 0.2) is 0 Å². The molecule has 2 rings (SSSR count). The van der Waals surface area contributed by atoms with Gasteiger partial charge in [-0.1, -0.05) is 32.9 Å². The fourth-order valence-corrected chi connectivity index (χ4v) is 3.14. The molecule has 0 radical (unpaired) electrons. The molecule has 3 heteroatoms. The van der Waals surface area contributed by atoms with Gasteiger partial charge in [0.2, 0.25) is 0 Å². The van der Waals surface area contributed by atoms with Crippen molar-refractivity contribution in [3.63, 3.8) is 0 Å². The van der Waals surface area contributed by atoms with E-state index in [2.05, 4.69) is 57.3 Å². The molecular formula is C18H25NOS. The standard InChI is InChI=1S/C18H25NOS/c1-5-15-7-6-8-17(9-15)20-12-16-10-18(21-14(16)4)11-19-13(2)3/h6-10,13,19H,5,11-12H2,1-4H3. The number of aryl methyl sites for hydroxylation is 2. The van der Waals surface area contributed by atoms with E-state index in [1.54, 1.807) is 0 Å². The molecule has 0 unspecified atom stereocenters. The molecule has 1 N–H and O–H groups in total. The quantitative estimate of drug-likeness (QED) is 0.801. The molecule has 2 aromatic rings. The summed E-state index contributed by atoms with van der Waals surface area (Å²) in [6, 6.07) is 11.1. The van der Waals surface area contributed by atoms with Crippen LogP contribution in [0.15, 0.2) is 30.3 Å². The van der Waals surface area contributed by atoms with Crippen molar-refractivity contribution in [2.75, 3.05) is 0 Å². The molecule has 0 saturated heterocycles. The smallest absolute Gasteiger partial charge is 0.120 e.